The van der Waals surface area contributed by atoms with Crippen molar-refractivity contribution < 1.29 is 0 Å². The van der Waals surface area contributed by atoms with Crippen molar-refractivity contribution in [3.8, 4) is 0 Å². The molecule has 0 fully saturated rings. The number of nitrogens with zero attached hydrogens (tertiary/aromatic N) is 4. The molecule has 0 saturated carbocycles. The smallest absolute Gasteiger partial charge is 0.158 e. The van der Waals surface area contributed by atoms with Crippen molar-refractivity contribution >= 4 is 33.9 Å². The van der Waals surface area contributed by atoms with Crippen LogP contribution in [0.2, 0.25) is 0 Å². The van der Waals surface area contributed by atoms with E-state index in [0.29, 0.717) is 12.1 Å². The molecule has 0 amide bonds. The van der Waals surface area contributed by atoms with Gasteiger partial charge in [0.2, 0.25) is 0 Å². The molecule has 6 heteroatoms. The van der Waals surface area contributed by atoms with Gasteiger partial charge in [-0.3, -0.25) is 9.98 Å². The van der Waals surface area contributed by atoms with Crippen molar-refractivity contribution in [2.75, 3.05) is 39.7 Å². The van der Waals surface area contributed by atoms with E-state index in [2.05, 4.69) is 60.0 Å². The van der Waals surface area contributed by atoms with E-state index in [4.69, 9.17) is 0 Å². The van der Waals surface area contributed by atoms with Gasteiger partial charge in [-0.25, -0.2) is 0 Å². The molecule has 0 rings (SSSR count). The Kier molecular flexibility index (Phi) is 11.9. The molecular formula is C16H34N4S2. The maximum atomic E-state index is 4.46. The summed E-state index contributed by atoms with van der Waals surface area (Å²) in [6.45, 7) is 11.0. The average molecular weight is 347 g/mol. The van der Waals surface area contributed by atoms with Gasteiger partial charge in [0.1, 0.15) is 0 Å². The lowest BCUT2D eigenvalue weighted by molar-refractivity contribution is 0.260. The van der Waals surface area contributed by atoms with Crippen LogP contribution in [0.1, 0.15) is 40.5 Å². The first kappa shape index (κ1) is 21.6. The summed E-state index contributed by atoms with van der Waals surface area (Å²) in [6, 6.07) is 1.00. The highest BCUT2D eigenvalue weighted by molar-refractivity contribution is 8.13. The van der Waals surface area contributed by atoms with Crippen LogP contribution in [0.5, 0.6) is 0 Å². The number of amidine groups is 2. The summed E-state index contributed by atoms with van der Waals surface area (Å²) in [6.07, 6.45) is 6.45. The molecule has 2 atom stereocenters. The highest BCUT2D eigenvalue weighted by Gasteiger charge is 2.21. The zero-order chi connectivity index (χ0) is 17.1. The maximum absolute atomic E-state index is 4.46. The van der Waals surface area contributed by atoms with Gasteiger partial charge >= 0.3 is 0 Å². The molecule has 0 aliphatic heterocycles. The van der Waals surface area contributed by atoms with Crippen molar-refractivity contribution in [3.63, 3.8) is 0 Å². The van der Waals surface area contributed by atoms with Gasteiger partial charge in [0.15, 0.2) is 10.3 Å². The molecule has 0 saturated heterocycles. The minimum absolute atomic E-state index is 0.501. The maximum Gasteiger partial charge on any atom is 0.158 e. The van der Waals surface area contributed by atoms with Crippen molar-refractivity contribution in [3.05, 3.63) is 0 Å². The number of rotatable bonds is 7. The Morgan fingerprint density at radius 2 is 1.14 bits per heavy atom. The Morgan fingerprint density at radius 3 is 1.32 bits per heavy atom. The lowest BCUT2D eigenvalue weighted by Crippen LogP contribution is -2.46. The third-order valence-electron chi connectivity index (χ3n) is 4.07. The standard InChI is InChI=1S/C16H34N4S2/c1-9-13(3)19(15(17-5)21-7)11-12-20(14(4)10-2)16(18-6)22-8/h13-14H,9-12H2,1-8H3. The van der Waals surface area contributed by atoms with Crippen LogP contribution in [0.3, 0.4) is 0 Å². The second-order valence-corrected chi connectivity index (χ2v) is 6.87. The first-order valence-corrected chi connectivity index (χ1v) is 10.5. The molecule has 0 aromatic carbocycles. The summed E-state index contributed by atoms with van der Waals surface area (Å²) < 4.78 is 0. The minimum Gasteiger partial charge on any atom is -0.347 e. The molecule has 0 aromatic heterocycles. The number of hydrogen-bond donors (Lipinski definition) is 0. The van der Waals surface area contributed by atoms with Crippen LogP contribution in [-0.4, -0.2) is 71.9 Å². The van der Waals surface area contributed by atoms with Gasteiger partial charge in [-0.15, -0.1) is 0 Å². The van der Waals surface area contributed by atoms with Crippen LogP contribution in [0.15, 0.2) is 9.98 Å². The largest absolute Gasteiger partial charge is 0.347 e. The molecular weight excluding hydrogens is 312 g/mol. The Hall–Kier alpha value is -0.360. The van der Waals surface area contributed by atoms with Crippen molar-refractivity contribution in [1.82, 2.24) is 9.80 Å². The van der Waals surface area contributed by atoms with Gasteiger partial charge in [0.25, 0.3) is 0 Å². The van der Waals surface area contributed by atoms with Crippen LogP contribution in [-0.2, 0) is 0 Å². The van der Waals surface area contributed by atoms with Gasteiger partial charge in [-0.2, -0.15) is 0 Å². The van der Waals surface area contributed by atoms with Crippen LogP contribution in [0.4, 0.5) is 0 Å². The fraction of sp³-hybridized carbons (Fsp3) is 0.875. The third-order valence-corrected chi connectivity index (χ3v) is 5.63. The van der Waals surface area contributed by atoms with E-state index < -0.39 is 0 Å². The number of aliphatic imine (C=N–C) groups is 2. The quantitative estimate of drug-likeness (QED) is 0.517. The van der Waals surface area contributed by atoms with Gasteiger partial charge in [-0.1, -0.05) is 37.4 Å². The first-order valence-electron chi connectivity index (χ1n) is 8.05. The van der Waals surface area contributed by atoms with Crippen LogP contribution in [0.25, 0.3) is 0 Å². The normalized spacial score (nSPS) is 15.6. The molecule has 0 aliphatic rings. The molecule has 0 heterocycles. The summed E-state index contributed by atoms with van der Waals surface area (Å²) in [4.78, 5) is 13.8. The van der Waals surface area contributed by atoms with E-state index in [9.17, 15) is 0 Å². The van der Waals surface area contributed by atoms with Crippen molar-refractivity contribution in [2.24, 2.45) is 9.98 Å². The molecule has 130 valence electrons. The van der Waals surface area contributed by atoms with Gasteiger partial charge in [0, 0.05) is 39.3 Å². The van der Waals surface area contributed by atoms with Crippen molar-refractivity contribution in [1.29, 1.82) is 0 Å². The zero-order valence-corrected chi connectivity index (χ0v) is 17.2. The van der Waals surface area contributed by atoms with Crippen LogP contribution < -0.4 is 0 Å². The van der Waals surface area contributed by atoms with Crippen LogP contribution in [0, 0.1) is 0 Å². The Labute approximate surface area is 146 Å². The van der Waals surface area contributed by atoms with Gasteiger partial charge in [-0.05, 0) is 39.2 Å². The lowest BCUT2D eigenvalue weighted by atomic mass is 10.2. The molecule has 0 aromatic rings. The third kappa shape index (κ3) is 6.41. The Balaban J connectivity index is 5.11. The van der Waals surface area contributed by atoms with Gasteiger partial charge < -0.3 is 9.80 Å². The lowest BCUT2D eigenvalue weighted by Gasteiger charge is -2.36. The SMILES string of the molecule is CCC(C)N(CCN(C(=NC)SC)C(C)CC)C(=NC)SC. The molecule has 22 heavy (non-hydrogen) atoms. The summed E-state index contributed by atoms with van der Waals surface area (Å²) in [5, 5.41) is 2.25. The van der Waals surface area contributed by atoms with E-state index in [0.717, 1.165) is 36.3 Å². The summed E-state index contributed by atoms with van der Waals surface area (Å²) >= 11 is 3.46. The summed E-state index contributed by atoms with van der Waals surface area (Å²) in [7, 11) is 3.77. The topological polar surface area (TPSA) is 31.2 Å². The van der Waals surface area contributed by atoms with E-state index >= 15 is 0 Å². The fourth-order valence-corrected chi connectivity index (χ4v) is 3.72. The highest BCUT2D eigenvalue weighted by Crippen LogP contribution is 2.16. The van der Waals surface area contributed by atoms with E-state index in [1.807, 2.05) is 14.1 Å². The molecule has 0 radical (unpaired) electrons. The second kappa shape index (κ2) is 12.1. The average Bonchev–Trinajstić information content (AvgIpc) is 2.56. The first-order chi connectivity index (χ1) is 10.5. The predicted octanol–water partition coefficient (Wildman–Crippen LogP) is 3.89. The second-order valence-electron chi connectivity index (χ2n) is 5.32. The summed E-state index contributed by atoms with van der Waals surface area (Å²) in [5.74, 6) is 0. The molecule has 0 N–H and O–H groups in total. The van der Waals surface area contributed by atoms with Crippen LogP contribution >= 0.6 is 23.5 Å². The monoisotopic (exact) mass is 346 g/mol. The molecule has 0 aliphatic carbocycles. The predicted molar refractivity (Wildman–Crippen MR) is 107 cm³/mol. The zero-order valence-electron chi connectivity index (χ0n) is 15.6. The van der Waals surface area contributed by atoms with Crippen molar-refractivity contribution in [2.45, 2.75) is 52.6 Å². The molecule has 2 unspecified atom stereocenters. The van der Waals surface area contributed by atoms with Gasteiger partial charge in [0.05, 0.1) is 0 Å². The fourth-order valence-electron chi connectivity index (χ4n) is 2.34. The Morgan fingerprint density at radius 1 is 0.818 bits per heavy atom. The molecule has 0 bridgehead atoms. The summed E-state index contributed by atoms with van der Waals surface area (Å²) in [5.41, 5.74) is 0. The Bertz CT molecular complexity index is 324. The minimum atomic E-state index is 0.501. The number of hydrogen-bond acceptors (Lipinski definition) is 4. The number of thioether (sulfide) groups is 2. The molecule has 0 spiro atoms. The van der Waals surface area contributed by atoms with E-state index in [1.165, 1.54) is 0 Å². The molecule has 4 nitrogen and oxygen atoms in total. The van der Waals surface area contributed by atoms with E-state index in [-0.39, 0.29) is 0 Å². The van der Waals surface area contributed by atoms with E-state index in [1.54, 1.807) is 23.5 Å². The highest BCUT2D eigenvalue weighted by atomic mass is 32.2.